The molecule has 1 rings (SSSR count). The van der Waals surface area contributed by atoms with E-state index in [1.54, 1.807) is 0 Å². The van der Waals surface area contributed by atoms with Crippen LogP contribution in [-0.4, -0.2) is 17.0 Å². The van der Waals surface area contributed by atoms with Gasteiger partial charge in [-0.1, -0.05) is 5.92 Å². The fourth-order valence-electron chi connectivity index (χ4n) is 1.04. The molecule has 0 spiro atoms. The SMILES string of the molecule is CC#CC(=O)Nc1ccc(F)c(C(=O)O)c1. The third-order valence-electron chi connectivity index (χ3n) is 1.69. The molecular formula is C11H8FNO3. The molecule has 0 atom stereocenters. The molecule has 0 aliphatic carbocycles. The highest BCUT2D eigenvalue weighted by Crippen LogP contribution is 2.14. The molecule has 0 aromatic heterocycles. The standard InChI is InChI=1S/C11H8FNO3/c1-2-3-10(14)13-7-4-5-9(12)8(6-7)11(15)16/h4-6H,1H3,(H,13,14)(H,15,16). The summed E-state index contributed by atoms with van der Waals surface area (Å²) in [6.45, 7) is 1.49. The van der Waals surface area contributed by atoms with Crippen LogP contribution in [0.25, 0.3) is 0 Å². The van der Waals surface area contributed by atoms with E-state index in [-0.39, 0.29) is 5.69 Å². The number of rotatable bonds is 2. The van der Waals surface area contributed by atoms with Crippen LogP contribution in [0.5, 0.6) is 0 Å². The Morgan fingerprint density at radius 3 is 2.69 bits per heavy atom. The fraction of sp³-hybridized carbons (Fsp3) is 0.0909. The number of carbonyl (C=O) groups is 2. The van der Waals surface area contributed by atoms with E-state index in [1.807, 2.05) is 0 Å². The Morgan fingerprint density at radius 2 is 2.12 bits per heavy atom. The summed E-state index contributed by atoms with van der Waals surface area (Å²) in [7, 11) is 0. The topological polar surface area (TPSA) is 66.4 Å². The number of nitrogens with one attached hydrogen (secondary N) is 1. The highest BCUT2D eigenvalue weighted by atomic mass is 19.1. The summed E-state index contributed by atoms with van der Waals surface area (Å²) in [6, 6.07) is 3.27. The summed E-state index contributed by atoms with van der Waals surface area (Å²) in [5.41, 5.74) is -0.311. The van der Waals surface area contributed by atoms with Crippen molar-refractivity contribution in [2.75, 3.05) is 5.32 Å². The zero-order chi connectivity index (χ0) is 12.1. The van der Waals surface area contributed by atoms with Crippen molar-refractivity contribution in [2.45, 2.75) is 6.92 Å². The van der Waals surface area contributed by atoms with Gasteiger partial charge in [-0.2, -0.15) is 0 Å². The molecule has 0 aliphatic rings. The largest absolute Gasteiger partial charge is 0.478 e. The lowest BCUT2D eigenvalue weighted by Crippen LogP contribution is -2.10. The fourth-order valence-corrected chi connectivity index (χ4v) is 1.04. The Labute approximate surface area is 91.1 Å². The van der Waals surface area contributed by atoms with Crippen LogP contribution in [0, 0.1) is 17.7 Å². The van der Waals surface area contributed by atoms with Gasteiger partial charge in [-0.15, -0.1) is 0 Å². The molecule has 0 saturated carbocycles. The molecule has 0 unspecified atom stereocenters. The van der Waals surface area contributed by atoms with Gasteiger partial charge in [0.1, 0.15) is 5.82 Å². The molecule has 0 heterocycles. The van der Waals surface area contributed by atoms with Crippen molar-refractivity contribution >= 4 is 17.6 Å². The lowest BCUT2D eigenvalue weighted by Gasteiger charge is -2.03. The van der Waals surface area contributed by atoms with E-state index in [2.05, 4.69) is 17.2 Å². The summed E-state index contributed by atoms with van der Waals surface area (Å²) >= 11 is 0. The number of hydrogen-bond donors (Lipinski definition) is 2. The Bertz CT molecular complexity index is 500. The average Bonchev–Trinajstić information content (AvgIpc) is 2.21. The van der Waals surface area contributed by atoms with E-state index in [4.69, 9.17) is 5.11 Å². The maximum absolute atomic E-state index is 13.0. The minimum absolute atomic E-state index is 0.187. The summed E-state index contributed by atoms with van der Waals surface area (Å²) < 4.78 is 13.0. The monoisotopic (exact) mass is 221 g/mol. The number of aromatic carboxylic acids is 1. The van der Waals surface area contributed by atoms with Crippen molar-refractivity contribution in [2.24, 2.45) is 0 Å². The van der Waals surface area contributed by atoms with Gasteiger partial charge >= 0.3 is 5.97 Å². The maximum Gasteiger partial charge on any atom is 0.338 e. The van der Waals surface area contributed by atoms with Crippen LogP contribution in [0.4, 0.5) is 10.1 Å². The summed E-state index contributed by atoms with van der Waals surface area (Å²) in [6.07, 6.45) is 0. The number of halogens is 1. The van der Waals surface area contributed by atoms with Gasteiger partial charge in [-0.25, -0.2) is 9.18 Å². The van der Waals surface area contributed by atoms with Crippen molar-refractivity contribution < 1.29 is 19.1 Å². The lowest BCUT2D eigenvalue weighted by molar-refractivity contribution is -0.111. The van der Waals surface area contributed by atoms with E-state index in [1.165, 1.54) is 13.0 Å². The summed E-state index contributed by atoms with van der Waals surface area (Å²) in [5.74, 6) is 1.77. The predicted octanol–water partition coefficient (Wildman–Crippen LogP) is 1.49. The first kappa shape index (κ1) is 11.7. The van der Waals surface area contributed by atoms with Gasteiger partial charge in [0.2, 0.25) is 0 Å². The number of carboxylic acids is 1. The number of amides is 1. The van der Waals surface area contributed by atoms with Gasteiger partial charge < -0.3 is 10.4 Å². The second kappa shape index (κ2) is 4.94. The van der Waals surface area contributed by atoms with Crippen LogP contribution in [0.15, 0.2) is 18.2 Å². The van der Waals surface area contributed by atoms with Crippen LogP contribution < -0.4 is 5.32 Å². The molecule has 0 radical (unpaired) electrons. The Morgan fingerprint density at radius 1 is 1.44 bits per heavy atom. The third kappa shape index (κ3) is 2.82. The van der Waals surface area contributed by atoms with Gasteiger partial charge in [0.25, 0.3) is 5.91 Å². The predicted molar refractivity (Wildman–Crippen MR) is 55.4 cm³/mol. The first-order chi connectivity index (χ1) is 7.54. The Kier molecular flexibility index (Phi) is 3.62. The number of carboxylic acid groups (broad SMARTS) is 1. The highest BCUT2D eigenvalue weighted by Gasteiger charge is 2.11. The molecule has 1 aromatic rings. The number of hydrogen-bond acceptors (Lipinski definition) is 2. The van der Waals surface area contributed by atoms with Gasteiger partial charge in [-0.3, -0.25) is 4.79 Å². The minimum Gasteiger partial charge on any atom is -0.478 e. The van der Waals surface area contributed by atoms with Crippen LogP contribution in [0.1, 0.15) is 17.3 Å². The number of benzene rings is 1. The zero-order valence-corrected chi connectivity index (χ0v) is 8.37. The van der Waals surface area contributed by atoms with Gasteiger partial charge in [0.05, 0.1) is 5.56 Å². The molecular weight excluding hydrogens is 213 g/mol. The quantitative estimate of drug-likeness (QED) is 0.743. The van der Waals surface area contributed by atoms with Crippen LogP contribution >= 0.6 is 0 Å². The second-order valence-corrected chi connectivity index (χ2v) is 2.83. The average molecular weight is 221 g/mol. The van der Waals surface area contributed by atoms with Crippen LogP contribution in [0.2, 0.25) is 0 Å². The minimum atomic E-state index is -1.39. The molecule has 1 aromatic carbocycles. The normalized spacial score (nSPS) is 8.88. The molecule has 0 saturated heterocycles. The van der Waals surface area contributed by atoms with Gasteiger partial charge in [0, 0.05) is 5.69 Å². The summed E-state index contributed by atoms with van der Waals surface area (Å²) in [4.78, 5) is 21.7. The van der Waals surface area contributed by atoms with Crippen molar-refractivity contribution in [3.8, 4) is 11.8 Å². The van der Waals surface area contributed by atoms with E-state index in [9.17, 15) is 14.0 Å². The Hall–Kier alpha value is -2.35. The third-order valence-corrected chi connectivity index (χ3v) is 1.69. The second-order valence-electron chi connectivity index (χ2n) is 2.83. The van der Waals surface area contributed by atoms with Gasteiger partial charge in [0.15, 0.2) is 0 Å². The first-order valence-corrected chi connectivity index (χ1v) is 4.31. The zero-order valence-electron chi connectivity index (χ0n) is 8.37. The van der Waals surface area contributed by atoms with E-state index in [0.29, 0.717) is 0 Å². The van der Waals surface area contributed by atoms with Gasteiger partial charge in [-0.05, 0) is 31.0 Å². The first-order valence-electron chi connectivity index (χ1n) is 4.31. The summed E-state index contributed by atoms with van der Waals surface area (Å²) in [5, 5.41) is 11.0. The number of anilines is 1. The molecule has 82 valence electrons. The maximum atomic E-state index is 13.0. The lowest BCUT2D eigenvalue weighted by atomic mass is 10.2. The van der Waals surface area contributed by atoms with Crippen molar-refractivity contribution in [1.29, 1.82) is 0 Å². The van der Waals surface area contributed by atoms with Crippen molar-refractivity contribution in [1.82, 2.24) is 0 Å². The van der Waals surface area contributed by atoms with E-state index in [0.717, 1.165) is 12.1 Å². The molecule has 0 fully saturated rings. The van der Waals surface area contributed by atoms with Crippen molar-refractivity contribution in [3.05, 3.63) is 29.6 Å². The van der Waals surface area contributed by atoms with Crippen LogP contribution in [-0.2, 0) is 4.79 Å². The molecule has 16 heavy (non-hydrogen) atoms. The highest BCUT2D eigenvalue weighted by molar-refractivity contribution is 6.04. The molecule has 0 aliphatic heterocycles. The smallest absolute Gasteiger partial charge is 0.338 e. The van der Waals surface area contributed by atoms with Crippen molar-refractivity contribution in [3.63, 3.8) is 0 Å². The van der Waals surface area contributed by atoms with Crippen LogP contribution in [0.3, 0.4) is 0 Å². The molecule has 5 heteroatoms. The molecule has 4 nitrogen and oxygen atoms in total. The van der Waals surface area contributed by atoms with E-state index < -0.39 is 23.3 Å². The number of carbonyl (C=O) groups excluding carboxylic acids is 1. The molecule has 1 amide bonds. The van der Waals surface area contributed by atoms with E-state index >= 15 is 0 Å². The molecule has 2 N–H and O–H groups in total. The Balaban J connectivity index is 2.98. The molecule has 0 bridgehead atoms.